The number of hydrogen-bond donors (Lipinski definition) is 1. The van der Waals surface area contributed by atoms with Gasteiger partial charge in [0.05, 0.1) is 0 Å². The molecule has 1 aliphatic heterocycles. The molecule has 2 aromatic rings. The molecule has 28 heavy (non-hydrogen) atoms. The van der Waals surface area contributed by atoms with Gasteiger partial charge in [0.2, 0.25) is 5.91 Å². The average Bonchev–Trinajstić information content (AvgIpc) is 3.16. The molecule has 1 atom stereocenters. The Morgan fingerprint density at radius 3 is 2.46 bits per heavy atom. The van der Waals surface area contributed by atoms with Crippen LogP contribution in [0.1, 0.15) is 54.0 Å². The zero-order chi connectivity index (χ0) is 19.6. The summed E-state index contributed by atoms with van der Waals surface area (Å²) in [4.78, 5) is 26.9. The lowest BCUT2D eigenvalue weighted by molar-refractivity contribution is -0.125. The van der Waals surface area contributed by atoms with E-state index in [0.29, 0.717) is 12.2 Å². The quantitative estimate of drug-likeness (QED) is 0.860. The van der Waals surface area contributed by atoms with E-state index >= 15 is 0 Å². The van der Waals surface area contributed by atoms with Gasteiger partial charge in [0.15, 0.2) is 5.76 Å². The number of nitrogens with one attached hydrogen (secondary N) is 1. The van der Waals surface area contributed by atoms with Crippen molar-refractivity contribution in [2.75, 3.05) is 13.1 Å². The van der Waals surface area contributed by atoms with Crippen LogP contribution in [0.25, 0.3) is 0 Å². The fourth-order valence-electron chi connectivity index (χ4n) is 4.55. The van der Waals surface area contributed by atoms with Crippen LogP contribution in [-0.2, 0) is 11.2 Å². The van der Waals surface area contributed by atoms with Crippen LogP contribution in [0.4, 0.5) is 0 Å². The summed E-state index contributed by atoms with van der Waals surface area (Å²) in [7, 11) is 0. The predicted molar refractivity (Wildman–Crippen MR) is 107 cm³/mol. The third-order valence-electron chi connectivity index (χ3n) is 6.49. The fourth-order valence-corrected chi connectivity index (χ4v) is 4.55. The van der Waals surface area contributed by atoms with Gasteiger partial charge in [-0.2, -0.15) is 0 Å². The van der Waals surface area contributed by atoms with Crippen LogP contribution in [0.3, 0.4) is 0 Å². The zero-order valence-corrected chi connectivity index (χ0v) is 16.4. The molecule has 5 nitrogen and oxygen atoms in total. The van der Waals surface area contributed by atoms with E-state index in [2.05, 4.69) is 17.4 Å². The molecule has 2 aliphatic rings. The Labute approximate surface area is 166 Å². The number of carbonyl (C=O) groups is 2. The van der Waals surface area contributed by atoms with Gasteiger partial charge in [-0.25, -0.2) is 0 Å². The SMILES string of the molecule is Cc1ccc(C(=O)N2CCC3(CCC3NC(=O)CCc3ccccc3)CC2)o1. The predicted octanol–water partition coefficient (Wildman–Crippen LogP) is 3.72. The summed E-state index contributed by atoms with van der Waals surface area (Å²) in [6.07, 6.45) is 5.38. The van der Waals surface area contributed by atoms with Crippen molar-refractivity contribution in [2.24, 2.45) is 5.41 Å². The summed E-state index contributed by atoms with van der Waals surface area (Å²) in [5, 5.41) is 3.27. The first kappa shape index (κ1) is 18.8. The molecule has 2 heterocycles. The molecular formula is C23H28N2O3. The Bertz CT molecular complexity index is 835. The van der Waals surface area contributed by atoms with Gasteiger partial charge in [-0.05, 0) is 62.1 Å². The van der Waals surface area contributed by atoms with Gasteiger partial charge in [-0.15, -0.1) is 0 Å². The summed E-state index contributed by atoms with van der Waals surface area (Å²) in [6, 6.07) is 14.0. The lowest BCUT2D eigenvalue weighted by atomic mass is 9.59. The summed E-state index contributed by atoms with van der Waals surface area (Å²) >= 11 is 0. The highest BCUT2D eigenvalue weighted by Gasteiger charge is 2.49. The molecule has 148 valence electrons. The summed E-state index contributed by atoms with van der Waals surface area (Å²) < 4.78 is 5.48. The van der Waals surface area contributed by atoms with E-state index in [0.717, 1.165) is 51.0 Å². The van der Waals surface area contributed by atoms with Gasteiger partial charge >= 0.3 is 0 Å². The maximum Gasteiger partial charge on any atom is 0.289 e. The van der Waals surface area contributed by atoms with Crippen LogP contribution in [0.5, 0.6) is 0 Å². The van der Waals surface area contributed by atoms with Crippen molar-refractivity contribution in [2.45, 2.75) is 51.5 Å². The second-order valence-corrected chi connectivity index (χ2v) is 8.21. The smallest absolute Gasteiger partial charge is 0.289 e. The van der Waals surface area contributed by atoms with Crippen molar-refractivity contribution in [3.05, 3.63) is 59.5 Å². The number of furan rings is 1. The monoisotopic (exact) mass is 380 g/mol. The Morgan fingerprint density at radius 2 is 1.86 bits per heavy atom. The number of aryl methyl sites for hydroxylation is 2. The van der Waals surface area contributed by atoms with Gasteiger partial charge < -0.3 is 14.6 Å². The van der Waals surface area contributed by atoms with Crippen molar-refractivity contribution >= 4 is 11.8 Å². The summed E-state index contributed by atoms with van der Waals surface area (Å²) in [5.74, 6) is 1.30. The molecule has 1 unspecified atom stereocenters. The van der Waals surface area contributed by atoms with Crippen molar-refractivity contribution in [3.63, 3.8) is 0 Å². The molecule has 4 rings (SSSR count). The zero-order valence-electron chi connectivity index (χ0n) is 16.4. The standard InChI is InChI=1S/C23H28N2O3/c1-17-7-9-19(28-17)22(27)25-15-13-23(14-16-25)12-11-20(23)24-21(26)10-8-18-5-3-2-4-6-18/h2-7,9,20H,8,10-16H2,1H3,(H,24,26). The number of piperidine rings is 1. The molecule has 1 saturated heterocycles. The highest BCUT2D eigenvalue weighted by Crippen LogP contribution is 2.49. The topological polar surface area (TPSA) is 62.6 Å². The number of carbonyl (C=O) groups excluding carboxylic acids is 2. The first-order valence-corrected chi connectivity index (χ1v) is 10.2. The number of likely N-dealkylation sites (tertiary alicyclic amines) is 1. The highest BCUT2D eigenvalue weighted by molar-refractivity contribution is 5.91. The summed E-state index contributed by atoms with van der Waals surface area (Å²) in [6.45, 7) is 3.31. The second-order valence-electron chi connectivity index (χ2n) is 8.21. The van der Waals surface area contributed by atoms with Crippen LogP contribution in [0.2, 0.25) is 0 Å². The molecule has 1 saturated carbocycles. The molecule has 0 bridgehead atoms. The third kappa shape index (κ3) is 3.84. The van der Waals surface area contributed by atoms with Gasteiger partial charge in [0.1, 0.15) is 5.76 Å². The second kappa shape index (κ2) is 7.82. The Balaban J connectivity index is 1.27. The first-order chi connectivity index (χ1) is 13.6. The Hall–Kier alpha value is -2.56. The average molecular weight is 380 g/mol. The molecular weight excluding hydrogens is 352 g/mol. The lowest BCUT2D eigenvalue weighted by Gasteiger charge is -2.54. The summed E-state index contributed by atoms with van der Waals surface area (Å²) in [5.41, 5.74) is 1.36. The van der Waals surface area contributed by atoms with E-state index in [4.69, 9.17) is 4.42 Å². The van der Waals surface area contributed by atoms with E-state index in [1.54, 1.807) is 6.07 Å². The van der Waals surface area contributed by atoms with Crippen molar-refractivity contribution in [3.8, 4) is 0 Å². The van der Waals surface area contributed by atoms with Gasteiger partial charge in [0.25, 0.3) is 5.91 Å². The van der Waals surface area contributed by atoms with Crippen LogP contribution < -0.4 is 5.32 Å². The van der Waals surface area contributed by atoms with Gasteiger partial charge in [-0.1, -0.05) is 30.3 Å². The molecule has 2 fully saturated rings. The molecule has 1 N–H and O–H groups in total. The molecule has 1 aromatic heterocycles. The third-order valence-corrected chi connectivity index (χ3v) is 6.49. The minimum atomic E-state index is -0.0225. The highest BCUT2D eigenvalue weighted by atomic mass is 16.3. The number of hydrogen-bond acceptors (Lipinski definition) is 3. The number of amides is 2. The number of nitrogens with zero attached hydrogens (tertiary/aromatic N) is 1. The van der Waals surface area contributed by atoms with Gasteiger partial charge in [-0.3, -0.25) is 9.59 Å². The fraction of sp³-hybridized carbons (Fsp3) is 0.478. The van der Waals surface area contributed by atoms with E-state index < -0.39 is 0 Å². The van der Waals surface area contributed by atoms with Crippen LogP contribution >= 0.6 is 0 Å². The number of rotatable bonds is 5. The number of benzene rings is 1. The molecule has 0 radical (unpaired) electrons. The minimum Gasteiger partial charge on any atom is -0.456 e. The van der Waals surface area contributed by atoms with Crippen molar-refractivity contribution < 1.29 is 14.0 Å². The molecule has 5 heteroatoms. The largest absolute Gasteiger partial charge is 0.456 e. The Kier molecular flexibility index (Phi) is 5.25. The van der Waals surface area contributed by atoms with Crippen LogP contribution in [0.15, 0.2) is 46.9 Å². The molecule has 1 aromatic carbocycles. The lowest BCUT2D eigenvalue weighted by Crippen LogP contribution is -2.59. The normalized spacial score (nSPS) is 20.6. The van der Waals surface area contributed by atoms with Crippen molar-refractivity contribution in [1.29, 1.82) is 0 Å². The van der Waals surface area contributed by atoms with Crippen LogP contribution in [0, 0.1) is 12.3 Å². The van der Waals surface area contributed by atoms with Crippen LogP contribution in [-0.4, -0.2) is 35.8 Å². The Morgan fingerprint density at radius 1 is 1.11 bits per heavy atom. The van der Waals surface area contributed by atoms with Gasteiger partial charge in [0, 0.05) is 25.6 Å². The first-order valence-electron chi connectivity index (χ1n) is 10.2. The van der Waals surface area contributed by atoms with E-state index in [-0.39, 0.29) is 23.3 Å². The molecule has 2 amide bonds. The van der Waals surface area contributed by atoms with Crippen molar-refractivity contribution in [1.82, 2.24) is 10.2 Å². The minimum absolute atomic E-state index is 0.0225. The van der Waals surface area contributed by atoms with E-state index in [1.165, 1.54) is 5.56 Å². The maximum absolute atomic E-state index is 12.6. The maximum atomic E-state index is 12.6. The molecule has 1 aliphatic carbocycles. The van der Waals surface area contributed by atoms with E-state index in [9.17, 15) is 9.59 Å². The molecule has 1 spiro atoms. The van der Waals surface area contributed by atoms with E-state index in [1.807, 2.05) is 36.1 Å².